The second kappa shape index (κ2) is 8.03. The van der Waals surface area contributed by atoms with Crippen molar-refractivity contribution in [2.45, 2.75) is 32.2 Å². The molecule has 1 fully saturated rings. The van der Waals surface area contributed by atoms with E-state index in [1.54, 1.807) is 30.5 Å². The average Bonchev–Trinajstić information content (AvgIpc) is 3.07. The van der Waals surface area contributed by atoms with E-state index in [1.165, 1.54) is 4.90 Å². The fraction of sp³-hybridized carbons (Fsp3) is 0.368. The number of imidazole rings is 1. The third-order valence-corrected chi connectivity index (χ3v) is 4.55. The van der Waals surface area contributed by atoms with E-state index in [2.05, 4.69) is 15.6 Å². The minimum absolute atomic E-state index is 0.202. The van der Waals surface area contributed by atoms with E-state index < -0.39 is 6.03 Å². The Balaban J connectivity index is 1.85. The van der Waals surface area contributed by atoms with E-state index in [9.17, 15) is 14.4 Å². The quantitative estimate of drug-likeness (QED) is 0.815. The van der Waals surface area contributed by atoms with Crippen molar-refractivity contribution in [3.8, 4) is 0 Å². The van der Waals surface area contributed by atoms with Crippen molar-refractivity contribution in [2.75, 3.05) is 11.4 Å². The Morgan fingerprint density at radius 1 is 1.33 bits per heavy atom. The number of aryl methyl sites for hydroxylation is 1. The van der Waals surface area contributed by atoms with Gasteiger partial charge in [0.1, 0.15) is 5.82 Å². The Morgan fingerprint density at radius 3 is 2.78 bits per heavy atom. The summed E-state index contributed by atoms with van der Waals surface area (Å²) in [4.78, 5) is 42.4. The predicted molar refractivity (Wildman–Crippen MR) is 100 cm³/mol. The second-order valence-electron chi connectivity index (χ2n) is 6.48. The third kappa shape index (κ3) is 3.99. The number of urea groups is 1. The predicted octanol–water partition coefficient (Wildman–Crippen LogP) is 2.14. The van der Waals surface area contributed by atoms with E-state index in [0.29, 0.717) is 11.3 Å². The maximum Gasteiger partial charge on any atom is 0.328 e. The zero-order valence-corrected chi connectivity index (χ0v) is 15.4. The standard InChI is InChI=1S/C19H23N5O3/c1-3-6-14(17-20-10-12-23(17)2)21-18(26)13-7-4-5-8-15(13)24-11-9-16(25)22-19(24)27/h4-5,7-8,10,12,14H,3,6,9,11H2,1-2H3,(H,21,26)(H,22,25,27). The van der Waals surface area contributed by atoms with E-state index in [1.807, 2.05) is 24.7 Å². The number of nitrogens with zero attached hydrogens (tertiary/aromatic N) is 3. The molecule has 2 aromatic rings. The smallest absolute Gasteiger partial charge is 0.328 e. The molecule has 1 saturated heterocycles. The monoisotopic (exact) mass is 369 g/mol. The van der Waals surface area contributed by atoms with Crippen LogP contribution in [0.1, 0.15) is 48.4 Å². The van der Waals surface area contributed by atoms with Crippen LogP contribution in [0.15, 0.2) is 36.7 Å². The van der Waals surface area contributed by atoms with Crippen LogP contribution in [-0.2, 0) is 11.8 Å². The van der Waals surface area contributed by atoms with Gasteiger partial charge in [-0.2, -0.15) is 0 Å². The fourth-order valence-corrected chi connectivity index (χ4v) is 3.20. The molecule has 8 heteroatoms. The van der Waals surface area contributed by atoms with Gasteiger partial charge in [-0.3, -0.25) is 19.8 Å². The summed E-state index contributed by atoms with van der Waals surface area (Å²) in [6.07, 6.45) is 5.38. The van der Waals surface area contributed by atoms with E-state index in [0.717, 1.165) is 18.7 Å². The lowest BCUT2D eigenvalue weighted by Crippen LogP contribution is -2.50. The largest absolute Gasteiger partial charge is 0.342 e. The molecule has 4 amide bonds. The molecule has 1 aromatic heterocycles. The number of amides is 4. The van der Waals surface area contributed by atoms with Gasteiger partial charge in [0.05, 0.1) is 17.3 Å². The molecule has 1 aliphatic rings. The molecular formula is C19H23N5O3. The zero-order chi connectivity index (χ0) is 19.4. The van der Waals surface area contributed by atoms with Gasteiger partial charge in [-0.25, -0.2) is 9.78 Å². The Bertz CT molecular complexity index is 861. The van der Waals surface area contributed by atoms with E-state index >= 15 is 0 Å². The van der Waals surface area contributed by atoms with E-state index in [4.69, 9.17) is 0 Å². The van der Waals surface area contributed by atoms with Crippen molar-refractivity contribution >= 4 is 23.5 Å². The second-order valence-corrected chi connectivity index (χ2v) is 6.48. The topological polar surface area (TPSA) is 96.3 Å². The molecular weight excluding hydrogens is 346 g/mol. The van der Waals surface area contributed by atoms with Crippen molar-refractivity contribution in [3.63, 3.8) is 0 Å². The number of benzene rings is 1. The van der Waals surface area contributed by atoms with Gasteiger partial charge in [-0.15, -0.1) is 0 Å². The molecule has 1 unspecified atom stereocenters. The maximum atomic E-state index is 13.0. The normalized spacial score (nSPS) is 15.4. The van der Waals surface area contributed by atoms with Crippen LogP contribution < -0.4 is 15.5 Å². The molecule has 1 aliphatic heterocycles. The van der Waals surface area contributed by atoms with Crippen molar-refractivity contribution < 1.29 is 14.4 Å². The lowest BCUT2D eigenvalue weighted by atomic mass is 10.1. The number of hydrogen-bond donors (Lipinski definition) is 2. The highest BCUT2D eigenvalue weighted by Gasteiger charge is 2.28. The summed E-state index contributed by atoms with van der Waals surface area (Å²) in [5.41, 5.74) is 0.868. The summed E-state index contributed by atoms with van der Waals surface area (Å²) in [6, 6.07) is 6.16. The maximum absolute atomic E-state index is 13.0. The number of carbonyl (C=O) groups excluding carboxylic acids is 3. The van der Waals surface area contributed by atoms with Crippen LogP contribution in [0, 0.1) is 0 Å². The van der Waals surface area contributed by atoms with Crippen molar-refractivity contribution in [2.24, 2.45) is 7.05 Å². The summed E-state index contributed by atoms with van der Waals surface area (Å²) >= 11 is 0. The third-order valence-electron chi connectivity index (χ3n) is 4.55. The van der Waals surface area contributed by atoms with Gasteiger partial charge in [0.2, 0.25) is 5.91 Å². The molecule has 142 valence electrons. The van der Waals surface area contributed by atoms with Gasteiger partial charge in [0.25, 0.3) is 5.91 Å². The molecule has 1 atom stereocenters. The Kier molecular flexibility index (Phi) is 5.54. The van der Waals surface area contributed by atoms with Crippen molar-refractivity contribution in [1.29, 1.82) is 0 Å². The van der Waals surface area contributed by atoms with Gasteiger partial charge in [0.15, 0.2) is 0 Å². The zero-order valence-electron chi connectivity index (χ0n) is 15.4. The molecule has 3 rings (SSSR count). The average molecular weight is 369 g/mol. The molecule has 2 heterocycles. The minimum atomic E-state index is -0.513. The first-order chi connectivity index (χ1) is 13.0. The van der Waals surface area contributed by atoms with Crippen LogP contribution in [0.2, 0.25) is 0 Å². The molecule has 0 spiro atoms. The molecule has 2 N–H and O–H groups in total. The molecule has 0 saturated carbocycles. The Hall–Kier alpha value is -3.16. The minimum Gasteiger partial charge on any atom is -0.342 e. The number of carbonyl (C=O) groups is 3. The number of rotatable bonds is 6. The molecule has 1 aromatic carbocycles. The molecule has 0 bridgehead atoms. The summed E-state index contributed by atoms with van der Waals surface area (Å²) in [7, 11) is 1.89. The van der Waals surface area contributed by atoms with Gasteiger partial charge in [-0.1, -0.05) is 25.5 Å². The van der Waals surface area contributed by atoms with Crippen LogP contribution in [0.25, 0.3) is 0 Å². The van der Waals surface area contributed by atoms with E-state index in [-0.39, 0.29) is 30.8 Å². The van der Waals surface area contributed by atoms with Gasteiger partial charge in [0, 0.05) is 32.4 Å². The lowest BCUT2D eigenvalue weighted by molar-refractivity contribution is -0.120. The van der Waals surface area contributed by atoms with Gasteiger partial charge >= 0.3 is 6.03 Å². The summed E-state index contributed by atoms with van der Waals surface area (Å²) in [6.45, 7) is 2.29. The SMILES string of the molecule is CCCC(NC(=O)c1ccccc1N1CCC(=O)NC1=O)c1nccn1C. The first-order valence-electron chi connectivity index (χ1n) is 8.99. The molecule has 8 nitrogen and oxygen atoms in total. The van der Waals surface area contributed by atoms with Crippen LogP contribution in [0.4, 0.5) is 10.5 Å². The fourth-order valence-electron chi connectivity index (χ4n) is 3.20. The van der Waals surface area contributed by atoms with Crippen molar-refractivity contribution in [3.05, 3.63) is 48.0 Å². The highest BCUT2D eigenvalue weighted by Crippen LogP contribution is 2.24. The Labute approximate surface area is 157 Å². The van der Waals surface area contributed by atoms with Crippen LogP contribution in [0.5, 0.6) is 0 Å². The summed E-state index contributed by atoms with van der Waals surface area (Å²) in [5, 5.41) is 5.32. The summed E-state index contributed by atoms with van der Waals surface area (Å²) in [5.74, 6) is 0.191. The highest BCUT2D eigenvalue weighted by molar-refractivity contribution is 6.09. The molecule has 0 aliphatic carbocycles. The molecule has 0 radical (unpaired) electrons. The highest BCUT2D eigenvalue weighted by atomic mass is 16.2. The number of para-hydroxylation sites is 1. The number of hydrogen-bond acceptors (Lipinski definition) is 4. The number of nitrogens with one attached hydrogen (secondary N) is 2. The first kappa shape index (κ1) is 18.6. The lowest BCUT2D eigenvalue weighted by Gasteiger charge is -2.28. The number of anilines is 1. The first-order valence-corrected chi connectivity index (χ1v) is 8.99. The molecule has 27 heavy (non-hydrogen) atoms. The number of aromatic nitrogens is 2. The van der Waals surface area contributed by atoms with Gasteiger partial charge in [-0.05, 0) is 18.6 Å². The number of imide groups is 1. The van der Waals surface area contributed by atoms with Crippen LogP contribution >= 0.6 is 0 Å². The van der Waals surface area contributed by atoms with Crippen LogP contribution in [0.3, 0.4) is 0 Å². The van der Waals surface area contributed by atoms with Gasteiger partial charge < -0.3 is 9.88 Å². The van der Waals surface area contributed by atoms with Crippen LogP contribution in [-0.4, -0.2) is 33.9 Å². The Morgan fingerprint density at radius 2 is 2.11 bits per heavy atom. The van der Waals surface area contributed by atoms with Crippen molar-refractivity contribution in [1.82, 2.24) is 20.2 Å². The summed E-state index contributed by atoms with van der Waals surface area (Å²) < 4.78 is 1.89.